The first-order valence-corrected chi connectivity index (χ1v) is 9.73. The lowest BCUT2D eigenvalue weighted by atomic mass is 10.2. The van der Waals surface area contributed by atoms with Crippen LogP contribution in [-0.4, -0.2) is 32.6 Å². The van der Waals surface area contributed by atoms with Gasteiger partial charge in [0.1, 0.15) is 0 Å². The summed E-state index contributed by atoms with van der Waals surface area (Å²) >= 11 is 7.36. The minimum atomic E-state index is -0.227. The topological polar surface area (TPSA) is 72.2 Å². The van der Waals surface area contributed by atoms with Crippen molar-refractivity contribution >= 4 is 35.5 Å². The van der Waals surface area contributed by atoms with Crippen molar-refractivity contribution in [1.29, 1.82) is 0 Å². The molecule has 3 aromatic rings. The van der Waals surface area contributed by atoms with Crippen LogP contribution in [0.1, 0.15) is 12.5 Å². The third kappa shape index (κ3) is 4.96. The molecule has 0 bridgehead atoms. The highest BCUT2D eigenvalue weighted by atomic mass is 35.5. The van der Waals surface area contributed by atoms with Crippen LogP contribution in [0.15, 0.2) is 64.9 Å². The number of benzene rings is 2. The number of hydrazone groups is 1. The molecule has 0 radical (unpaired) electrons. The van der Waals surface area contributed by atoms with Crippen molar-refractivity contribution in [3.63, 3.8) is 0 Å². The summed E-state index contributed by atoms with van der Waals surface area (Å²) in [5, 5.41) is 13.7. The average molecular weight is 400 g/mol. The van der Waals surface area contributed by atoms with Crippen LogP contribution < -0.4 is 5.43 Å². The molecule has 0 aliphatic heterocycles. The van der Waals surface area contributed by atoms with Gasteiger partial charge in [0.05, 0.1) is 12.0 Å². The molecule has 0 fully saturated rings. The smallest absolute Gasteiger partial charge is 0.250 e. The van der Waals surface area contributed by atoms with Crippen LogP contribution in [0.2, 0.25) is 5.02 Å². The number of amides is 1. The second-order valence-corrected chi connectivity index (χ2v) is 6.87. The van der Waals surface area contributed by atoms with Gasteiger partial charge >= 0.3 is 0 Å². The lowest BCUT2D eigenvalue weighted by Gasteiger charge is -2.06. The molecule has 138 valence electrons. The first-order valence-electron chi connectivity index (χ1n) is 8.37. The largest absolute Gasteiger partial charge is 0.302 e. The number of nitrogens with one attached hydrogen (secondary N) is 1. The maximum Gasteiger partial charge on any atom is 0.250 e. The molecule has 0 unspecified atom stereocenters. The van der Waals surface area contributed by atoms with Crippen LogP contribution in [0, 0.1) is 0 Å². The summed E-state index contributed by atoms with van der Waals surface area (Å²) in [4.78, 5) is 12.0. The van der Waals surface area contributed by atoms with Gasteiger partial charge in [0, 0.05) is 22.7 Å². The molecule has 0 aliphatic carbocycles. The third-order valence-electron chi connectivity index (χ3n) is 3.70. The Balaban J connectivity index is 1.59. The summed E-state index contributed by atoms with van der Waals surface area (Å²) in [6.45, 7) is 2.74. The van der Waals surface area contributed by atoms with E-state index in [1.54, 1.807) is 6.07 Å². The Labute approximate surface area is 166 Å². The van der Waals surface area contributed by atoms with E-state index in [1.807, 2.05) is 60.0 Å². The Morgan fingerprint density at radius 2 is 1.93 bits per heavy atom. The van der Waals surface area contributed by atoms with Gasteiger partial charge in [-0.05, 0) is 13.0 Å². The number of hydrogen-bond donors (Lipinski definition) is 1. The van der Waals surface area contributed by atoms with Gasteiger partial charge in [0.15, 0.2) is 11.0 Å². The van der Waals surface area contributed by atoms with Crippen molar-refractivity contribution in [2.75, 3.05) is 5.75 Å². The van der Waals surface area contributed by atoms with Crippen molar-refractivity contribution in [1.82, 2.24) is 20.2 Å². The summed E-state index contributed by atoms with van der Waals surface area (Å²) in [7, 11) is 0. The van der Waals surface area contributed by atoms with Gasteiger partial charge in [0.25, 0.3) is 5.91 Å². The van der Waals surface area contributed by atoms with E-state index < -0.39 is 0 Å². The Hall–Kier alpha value is -2.64. The third-order valence-corrected chi connectivity index (χ3v) is 5.01. The first-order chi connectivity index (χ1) is 13.2. The Morgan fingerprint density at radius 3 is 2.67 bits per heavy atom. The molecule has 0 aliphatic rings. The molecule has 3 rings (SSSR count). The van der Waals surface area contributed by atoms with Gasteiger partial charge in [-0.2, -0.15) is 5.10 Å². The minimum absolute atomic E-state index is 0.187. The Morgan fingerprint density at radius 1 is 1.19 bits per heavy atom. The second-order valence-electron chi connectivity index (χ2n) is 5.52. The lowest BCUT2D eigenvalue weighted by Crippen LogP contribution is -2.20. The molecule has 1 N–H and O–H groups in total. The zero-order valence-corrected chi connectivity index (χ0v) is 16.2. The monoisotopic (exact) mass is 399 g/mol. The number of thioether (sulfide) groups is 1. The van der Waals surface area contributed by atoms with Crippen LogP contribution in [0.25, 0.3) is 11.4 Å². The van der Waals surface area contributed by atoms with E-state index in [0.29, 0.717) is 16.7 Å². The second kappa shape index (κ2) is 9.34. The van der Waals surface area contributed by atoms with Crippen molar-refractivity contribution in [2.45, 2.75) is 18.6 Å². The highest BCUT2D eigenvalue weighted by molar-refractivity contribution is 7.99. The van der Waals surface area contributed by atoms with E-state index in [1.165, 1.54) is 18.0 Å². The van der Waals surface area contributed by atoms with Crippen LogP contribution in [0.4, 0.5) is 0 Å². The average Bonchev–Trinajstić information content (AvgIpc) is 3.11. The van der Waals surface area contributed by atoms with Crippen molar-refractivity contribution in [3.05, 3.63) is 65.2 Å². The van der Waals surface area contributed by atoms with Crippen molar-refractivity contribution in [3.8, 4) is 11.4 Å². The molecule has 0 saturated carbocycles. The van der Waals surface area contributed by atoms with E-state index in [0.717, 1.165) is 17.0 Å². The van der Waals surface area contributed by atoms with Gasteiger partial charge in [-0.1, -0.05) is 71.9 Å². The Kier molecular flexibility index (Phi) is 6.62. The van der Waals surface area contributed by atoms with Gasteiger partial charge < -0.3 is 4.57 Å². The molecule has 0 atom stereocenters. The minimum Gasteiger partial charge on any atom is -0.302 e. The maximum absolute atomic E-state index is 12.0. The molecular weight excluding hydrogens is 382 g/mol. The summed E-state index contributed by atoms with van der Waals surface area (Å²) in [6.07, 6.45) is 1.52. The Bertz CT molecular complexity index is 942. The highest BCUT2D eigenvalue weighted by Crippen LogP contribution is 2.23. The molecule has 2 aromatic carbocycles. The molecule has 27 heavy (non-hydrogen) atoms. The van der Waals surface area contributed by atoms with Gasteiger partial charge in [-0.15, -0.1) is 10.2 Å². The molecular formula is C19H18ClN5OS. The summed E-state index contributed by atoms with van der Waals surface area (Å²) in [5.74, 6) is 0.750. The maximum atomic E-state index is 12.0. The normalized spacial score (nSPS) is 11.0. The van der Waals surface area contributed by atoms with Crippen LogP contribution >= 0.6 is 23.4 Å². The van der Waals surface area contributed by atoms with Crippen LogP contribution in [0.5, 0.6) is 0 Å². The zero-order valence-electron chi connectivity index (χ0n) is 14.7. The SMILES string of the molecule is CCn1c(SCC(=O)N/N=C/c2ccccc2Cl)nnc1-c1ccccc1. The molecule has 1 heterocycles. The van der Waals surface area contributed by atoms with E-state index in [2.05, 4.69) is 20.7 Å². The molecule has 6 nitrogen and oxygen atoms in total. The van der Waals surface area contributed by atoms with Gasteiger partial charge in [-0.25, -0.2) is 5.43 Å². The highest BCUT2D eigenvalue weighted by Gasteiger charge is 2.14. The zero-order chi connectivity index (χ0) is 19.1. The van der Waals surface area contributed by atoms with Crippen LogP contribution in [-0.2, 0) is 11.3 Å². The quantitative estimate of drug-likeness (QED) is 0.372. The fourth-order valence-corrected chi connectivity index (χ4v) is 3.38. The summed E-state index contributed by atoms with van der Waals surface area (Å²) in [6, 6.07) is 17.1. The number of carbonyl (C=O) groups is 1. The molecule has 0 saturated heterocycles. The van der Waals surface area contributed by atoms with E-state index in [4.69, 9.17) is 11.6 Å². The fourth-order valence-electron chi connectivity index (χ4n) is 2.40. The van der Waals surface area contributed by atoms with Crippen molar-refractivity contribution < 1.29 is 4.79 Å². The summed E-state index contributed by atoms with van der Waals surface area (Å²) in [5.41, 5.74) is 4.23. The number of nitrogens with zero attached hydrogens (tertiary/aromatic N) is 4. The number of hydrogen-bond acceptors (Lipinski definition) is 5. The predicted molar refractivity (Wildman–Crippen MR) is 109 cm³/mol. The molecule has 1 aromatic heterocycles. The summed E-state index contributed by atoms with van der Waals surface area (Å²) < 4.78 is 1.99. The predicted octanol–water partition coefficient (Wildman–Crippen LogP) is 3.86. The molecule has 0 spiro atoms. The number of halogens is 1. The first kappa shape index (κ1) is 19.1. The van der Waals surface area contributed by atoms with Gasteiger partial charge in [0.2, 0.25) is 0 Å². The van der Waals surface area contributed by atoms with E-state index in [9.17, 15) is 4.79 Å². The van der Waals surface area contributed by atoms with E-state index in [-0.39, 0.29) is 11.7 Å². The number of carbonyl (C=O) groups excluding carboxylic acids is 1. The van der Waals surface area contributed by atoms with Crippen molar-refractivity contribution in [2.24, 2.45) is 5.10 Å². The standard InChI is InChI=1S/C19H18ClN5OS/c1-2-25-18(14-8-4-3-5-9-14)23-24-19(25)27-13-17(26)22-21-12-15-10-6-7-11-16(15)20/h3-12H,2,13H2,1H3,(H,22,26)/b21-12+. The molecule has 1 amide bonds. The fraction of sp³-hybridized carbons (Fsp3) is 0.158. The number of aromatic nitrogens is 3. The number of rotatable bonds is 7. The lowest BCUT2D eigenvalue weighted by molar-refractivity contribution is -0.118. The van der Waals surface area contributed by atoms with E-state index >= 15 is 0 Å². The van der Waals surface area contributed by atoms with Gasteiger partial charge in [-0.3, -0.25) is 4.79 Å². The van der Waals surface area contributed by atoms with Crippen LogP contribution in [0.3, 0.4) is 0 Å². The molecule has 8 heteroatoms.